The molecular formula is C25H31N3O3. The highest BCUT2D eigenvalue weighted by atomic mass is 16.5. The summed E-state index contributed by atoms with van der Waals surface area (Å²) in [5.41, 5.74) is 4.12. The first kappa shape index (κ1) is 22.5. The number of nitrogens with zero attached hydrogens (tertiary/aromatic N) is 2. The number of aromatic amines is 1. The zero-order chi connectivity index (χ0) is 21.9. The van der Waals surface area contributed by atoms with Crippen LogP contribution in [0.4, 0.5) is 0 Å². The van der Waals surface area contributed by atoms with Gasteiger partial charge in [-0.25, -0.2) is 0 Å². The number of phenols is 1. The lowest BCUT2D eigenvalue weighted by Gasteiger charge is -2.11. The van der Waals surface area contributed by atoms with Gasteiger partial charge in [-0.05, 0) is 36.1 Å². The number of H-pyrrole nitrogens is 1. The van der Waals surface area contributed by atoms with Crippen molar-refractivity contribution in [3.05, 3.63) is 54.2 Å². The second-order valence-corrected chi connectivity index (χ2v) is 7.74. The zero-order valence-corrected chi connectivity index (χ0v) is 18.1. The van der Waals surface area contributed by atoms with Crippen LogP contribution in [0.1, 0.15) is 57.4 Å². The number of carbonyl (C=O) groups is 1. The van der Waals surface area contributed by atoms with Crippen molar-refractivity contribution in [1.29, 1.82) is 0 Å². The molecule has 0 saturated heterocycles. The Morgan fingerprint density at radius 3 is 2.55 bits per heavy atom. The molecule has 0 amide bonds. The Labute approximate surface area is 183 Å². The Morgan fingerprint density at radius 2 is 1.77 bits per heavy atom. The number of unbranched alkanes of at least 4 members (excludes halogenated alkanes) is 5. The number of phenolic OH excluding ortho intramolecular Hbond substituents is 1. The normalized spacial score (nSPS) is 10.9. The van der Waals surface area contributed by atoms with E-state index in [1.54, 1.807) is 12.3 Å². The Balaban J connectivity index is 1.57. The predicted octanol–water partition coefficient (Wildman–Crippen LogP) is 5.68. The van der Waals surface area contributed by atoms with Crippen molar-refractivity contribution in [2.75, 3.05) is 6.61 Å². The van der Waals surface area contributed by atoms with E-state index in [-0.39, 0.29) is 11.7 Å². The summed E-state index contributed by atoms with van der Waals surface area (Å²) >= 11 is 0. The van der Waals surface area contributed by atoms with Gasteiger partial charge in [0.15, 0.2) is 0 Å². The third-order valence-electron chi connectivity index (χ3n) is 5.35. The molecule has 1 heterocycles. The average Bonchev–Trinajstić information content (AvgIpc) is 3.33. The molecule has 2 aromatic carbocycles. The van der Waals surface area contributed by atoms with Gasteiger partial charge in [0.2, 0.25) is 0 Å². The number of aromatic nitrogens is 3. The van der Waals surface area contributed by atoms with Crippen molar-refractivity contribution in [2.24, 2.45) is 0 Å². The molecule has 0 radical (unpaired) electrons. The van der Waals surface area contributed by atoms with E-state index in [4.69, 9.17) is 4.74 Å². The fourth-order valence-corrected chi connectivity index (χ4v) is 3.61. The van der Waals surface area contributed by atoms with Crippen LogP contribution >= 0.6 is 0 Å². The quantitative estimate of drug-likeness (QED) is 0.290. The average molecular weight is 422 g/mol. The summed E-state index contributed by atoms with van der Waals surface area (Å²) in [5.74, 6) is 0.0107. The van der Waals surface area contributed by atoms with Crippen molar-refractivity contribution in [2.45, 2.75) is 58.3 Å². The molecular weight excluding hydrogens is 390 g/mol. The summed E-state index contributed by atoms with van der Waals surface area (Å²) in [7, 11) is 0. The molecule has 0 fully saturated rings. The van der Waals surface area contributed by atoms with Crippen LogP contribution in [0.5, 0.6) is 5.75 Å². The Hall–Kier alpha value is -3.15. The van der Waals surface area contributed by atoms with Gasteiger partial charge in [-0.3, -0.25) is 4.79 Å². The van der Waals surface area contributed by atoms with Gasteiger partial charge in [0.1, 0.15) is 11.4 Å². The lowest BCUT2D eigenvalue weighted by atomic mass is 9.95. The smallest absolute Gasteiger partial charge is 0.306 e. The van der Waals surface area contributed by atoms with E-state index in [9.17, 15) is 9.90 Å². The molecule has 0 spiro atoms. The van der Waals surface area contributed by atoms with Crippen LogP contribution in [0.25, 0.3) is 22.4 Å². The molecule has 0 saturated carbocycles. The Bertz CT molecular complexity index is 954. The van der Waals surface area contributed by atoms with Crippen LogP contribution in [0.3, 0.4) is 0 Å². The summed E-state index contributed by atoms with van der Waals surface area (Å²) < 4.78 is 5.37. The number of nitrogens with one attached hydrogen (secondary N) is 1. The molecule has 6 nitrogen and oxygen atoms in total. The maximum absolute atomic E-state index is 12.1. The highest BCUT2D eigenvalue weighted by Gasteiger charge is 2.13. The molecule has 3 rings (SSSR count). The Kier molecular flexibility index (Phi) is 8.64. The van der Waals surface area contributed by atoms with Crippen LogP contribution in [-0.4, -0.2) is 33.1 Å². The van der Waals surface area contributed by atoms with Crippen molar-refractivity contribution < 1.29 is 14.6 Å². The number of rotatable bonds is 12. The van der Waals surface area contributed by atoms with E-state index in [0.717, 1.165) is 29.5 Å². The van der Waals surface area contributed by atoms with E-state index in [1.165, 1.54) is 25.7 Å². The first-order valence-electron chi connectivity index (χ1n) is 11.1. The topological polar surface area (TPSA) is 88.1 Å². The van der Waals surface area contributed by atoms with Crippen LogP contribution < -0.4 is 0 Å². The SMILES string of the molecule is CCCCCCCCOC(=O)CCc1ccc(O)c(-c2ccccc2-c2cn[nH]n2)c1. The number of carbonyl (C=O) groups excluding carboxylic acids is 1. The maximum Gasteiger partial charge on any atom is 0.306 e. The summed E-state index contributed by atoms with van der Waals surface area (Å²) in [5, 5.41) is 21.1. The Morgan fingerprint density at radius 1 is 1.00 bits per heavy atom. The minimum Gasteiger partial charge on any atom is -0.507 e. The van der Waals surface area contributed by atoms with Gasteiger partial charge < -0.3 is 9.84 Å². The van der Waals surface area contributed by atoms with Gasteiger partial charge >= 0.3 is 5.97 Å². The molecule has 0 aliphatic rings. The number of hydrogen-bond acceptors (Lipinski definition) is 5. The van der Waals surface area contributed by atoms with Crippen LogP contribution in [-0.2, 0) is 16.0 Å². The predicted molar refractivity (Wildman–Crippen MR) is 122 cm³/mol. The van der Waals surface area contributed by atoms with E-state index in [1.807, 2.05) is 36.4 Å². The first-order chi connectivity index (χ1) is 15.2. The summed E-state index contributed by atoms with van der Waals surface area (Å²) in [6, 6.07) is 13.2. The van der Waals surface area contributed by atoms with Gasteiger partial charge in [-0.15, -0.1) is 0 Å². The van der Waals surface area contributed by atoms with Crippen LogP contribution in [0.15, 0.2) is 48.7 Å². The second-order valence-electron chi connectivity index (χ2n) is 7.74. The second kappa shape index (κ2) is 11.9. The molecule has 0 atom stereocenters. The minimum absolute atomic E-state index is 0.175. The van der Waals surface area contributed by atoms with E-state index in [0.29, 0.717) is 30.7 Å². The first-order valence-corrected chi connectivity index (χ1v) is 11.1. The lowest BCUT2D eigenvalue weighted by Crippen LogP contribution is -2.07. The minimum atomic E-state index is -0.175. The van der Waals surface area contributed by atoms with Crippen LogP contribution in [0.2, 0.25) is 0 Å². The number of aryl methyl sites for hydroxylation is 1. The van der Waals surface area contributed by atoms with Crippen LogP contribution in [0, 0.1) is 0 Å². The molecule has 6 heteroatoms. The highest BCUT2D eigenvalue weighted by Crippen LogP contribution is 2.36. The third-order valence-corrected chi connectivity index (χ3v) is 5.35. The molecule has 0 aliphatic heterocycles. The van der Waals surface area contributed by atoms with Gasteiger partial charge in [0.05, 0.1) is 12.8 Å². The molecule has 3 aromatic rings. The van der Waals surface area contributed by atoms with Crippen molar-refractivity contribution in [1.82, 2.24) is 15.4 Å². The van der Waals surface area contributed by atoms with E-state index in [2.05, 4.69) is 22.3 Å². The van der Waals surface area contributed by atoms with Gasteiger partial charge in [0, 0.05) is 17.5 Å². The molecule has 0 aliphatic carbocycles. The van der Waals surface area contributed by atoms with Crippen molar-refractivity contribution >= 4 is 5.97 Å². The third kappa shape index (κ3) is 6.67. The number of hydrogen-bond donors (Lipinski definition) is 2. The lowest BCUT2D eigenvalue weighted by molar-refractivity contribution is -0.143. The molecule has 0 unspecified atom stereocenters. The zero-order valence-electron chi connectivity index (χ0n) is 18.1. The molecule has 0 bridgehead atoms. The number of ether oxygens (including phenoxy) is 1. The van der Waals surface area contributed by atoms with Crippen molar-refractivity contribution in [3.8, 4) is 28.1 Å². The fourth-order valence-electron chi connectivity index (χ4n) is 3.61. The number of esters is 1. The van der Waals surface area contributed by atoms with E-state index >= 15 is 0 Å². The molecule has 1 aromatic heterocycles. The summed E-state index contributed by atoms with van der Waals surface area (Å²) in [6.07, 6.45) is 9.55. The highest BCUT2D eigenvalue weighted by molar-refractivity contribution is 5.84. The van der Waals surface area contributed by atoms with Gasteiger partial charge in [-0.1, -0.05) is 69.4 Å². The number of aromatic hydroxyl groups is 1. The van der Waals surface area contributed by atoms with Gasteiger partial charge in [0.25, 0.3) is 0 Å². The van der Waals surface area contributed by atoms with Gasteiger partial charge in [-0.2, -0.15) is 15.4 Å². The molecule has 31 heavy (non-hydrogen) atoms. The molecule has 164 valence electrons. The summed E-state index contributed by atoms with van der Waals surface area (Å²) in [6.45, 7) is 2.70. The summed E-state index contributed by atoms with van der Waals surface area (Å²) in [4.78, 5) is 12.1. The standard InChI is InChI=1S/C25H31N3O3/c1-2-3-4-5-6-9-16-31-25(30)15-13-19-12-14-24(29)22(17-19)20-10-7-8-11-21(20)23-18-26-28-27-23/h7-8,10-12,14,17-18,29H,2-6,9,13,15-16H2,1H3,(H,26,27,28). The van der Waals surface area contributed by atoms with Crippen molar-refractivity contribution in [3.63, 3.8) is 0 Å². The number of benzene rings is 2. The monoisotopic (exact) mass is 421 g/mol. The molecule has 2 N–H and O–H groups in total. The maximum atomic E-state index is 12.1. The van der Waals surface area contributed by atoms with E-state index < -0.39 is 0 Å². The fraction of sp³-hybridized carbons (Fsp3) is 0.400. The largest absolute Gasteiger partial charge is 0.507 e.